The van der Waals surface area contributed by atoms with Gasteiger partial charge in [-0.1, -0.05) is 19.3 Å². The number of hydrogen-bond acceptors (Lipinski definition) is 2. The Morgan fingerprint density at radius 3 is 2.74 bits per heavy atom. The first-order valence-electron chi connectivity index (χ1n) is 6.88. The van der Waals surface area contributed by atoms with Crippen LogP contribution in [0.2, 0.25) is 0 Å². The lowest BCUT2D eigenvalue weighted by atomic mass is 9.89. The van der Waals surface area contributed by atoms with Crippen LogP contribution in [0, 0.1) is 11.7 Å². The first-order valence-corrected chi connectivity index (χ1v) is 6.88. The molecule has 1 aromatic rings. The van der Waals surface area contributed by atoms with Crippen LogP contribution in [0.25, 0.3) is 0 Å². The average molecular weight is 264 g/mol. The van der Waals surface area contributed by atoms with Gasteiger partial charge in [0.2, 0.25) is 0 Å². The molecule has 104 valence electrons. The van der Waals surface area contributed by atoms with E-state index in [1.165, 1.54) is 37.5 Å². The molecule has 0 aromatic heterocycles. The van der Waals surface area contributed by atoms with E-state index in [9.17, 15) is 9.18 Å². The van der Waals surface area contributed by atoms with Crippen molar-refractivity contribution in [3.63, 3.8) is 0 Å². The quantitative estimate of drug-likeness (QED) is 0.853. The van der Waals surface area contributed by atoms with Gasteiger partial charge >= 0.3 is 0 Å². The van der Waals surface area contributed by atoms with E-state index in [-0.39, 0.29) is 11.5 Å². The topological polar surface area (TPSA) is 46.3 Å². The lowest BCUT2D eigenvalue weighted by Gasteiger charge is -2.27. The number of nitrogen functional groups attached to an aromatic ring is 1. The maximum Gasteiger partial charge on any atom is 0.256 e. The number of benzene rings is 1. The standard InChI is InChI=1S/C15H21FN2O/c1-18(10-11-5-3-2-4-6-11)15(19)13-9-12(17)7-8-14(13)16/h7-9,11H,2-6,10,17H2,1H3. The zero-order chi connectivity index (χ0) is 13.8. The van der Waals surface area contributed by atoms with Gasteiger partial charge in [0.25, 0.3) is 5.91 Å². The molecule has 0 bridgehead atoms. The molecule has 1 aromatic carbocycles. The Morgan fingerprint density at radius 1 is 1.37 bits per heavy atom. The van der Waals surface area contributed by atoms with E-state index in [0.717, 1.165) is 12.8 Å². The van der Waals surface area contributed by atoms with Crippen molar-refractivity contribution >= 4 is 11.6 Å². The number of carbonyl (C=O) groups is 1. The lowest BCUT2D eigenvalue weighted by molar-refractivity contribution is 0.0756. The Hall–Kier alpha value is -1.58. The summed E-state index contributed by atoms with van der Waals surface area (Å²) >= 11 is 0. The number of amides is 1. The fourth-order valence-corrected chi connectivity index (χ4v) is 2.75. The van der Waals surface area contributed by atoms with Crippen LogP contribution in [0.5, 0.6) is 0 Å². The second-order valence-electron chi connectivity index (χ2n) is 5.43. The van der Waals surface area contributed by atoms with E-state index in [4.69, 9.17) is 5.73 Å². The van der Waals surface area contributed by atoms with Crippen molar-refractivity contribution in [1.29, 1.82) is 0 Å². The van der Waals surface area contributed by atoms with Crippen molar-refractivity contribution in [2.24, 2.45) is 5.92 Å². The molecule has 3 nitrogen and oxygen atoms in total. The normalized spacial score (nSPS) is 16.3. The maximum absolute atomic E-state index is 13.7. The monoisotopic (exact) mass is 264 g/mol. The molecule has 0 atom stereocenters. The maximum atomic E-state index is 13.7. The number of halogens is 1. The summed E-state index contributed by atoms with van der Waals surface area (Å²) in [4.78, 5) is 13.8. The molecule has 0 spiro atoms. The fraction of sp³-hybridized carbons (Fsp3) is 0.533. The van der Waals surface area contributed by atoms with E-state index >= 15 is 0 Å². The smallest absolute Gasteiger partial charge is 0.256 e. The van der Waals surface area contributed by atoms with Crippen molar-refractivity contribution in [2.75, 3.05) is 19.3 Å². The molecular formula is C15H21FN2O. The summed E-state index contributed by atoms with van der Waals surface area (Å²) in [6.07, 6.45) is 6.09. The van der Waals surface area contributed by atoms with Crippen molar-refractivity contribution in [2.45, 2.75) is 32.1 Å². The second-order valence-corrected chi connectivity index (χ2v) is 5.43. The fourth-order valence-electron chi connectivity index (χ4n) is 2.75. The Bertz CT molecular complexity index is 455. The van der Waals surface area contributed by atoms with Gasteiger partial charge in [-0.05, 0) is 37.0 Å². The molecule has 1 fully saturated rings. The van der Waals surface area contributed by atoms with Crippen LogP contribution in [-0.2, 0) is 0 Å². The third kappa shape index (κ3) is 3.46. The summed E-state index contributed by atoms with van der Waals surface area (Å²) in [5, 5.41) is 0. The SMILES string of the molecule is CN(CC1CCCCC1)C(=O)c1cc(N)ccc1F. The molecule has 0 saturated heterocycles. The summed E-state index contributed by atoms with van der Waals surface area (Å²) in [6, 6.07) is 4.12. The van der Waals surface area contributed by atoms with E-state index < -0.39 is 5.82 Å². The molecule has 1 saturated carbocycles. The van der Waals surface area contributed by atoms with Crippen LogP contribution in [0.15, 0.2) is 18.2 Å². The molecule has 1 aliphatic carbocycles. The predicted molar refractivity (Wildman–Crippen MR) is 74.3 cm³/mol. The van der Waals surface area contributed by atoms with E-state index in [0.29, 0.717) is 18.2 Å². The van der Waals surface area contributed by atoms with Crippen LogP contribution >= 0.6 is 0 Å². The Morgan fingerprint density at radius 2 is 2.05 bits per heavy atom. The molecule has 2 rings (SSSR count). The summed E-state index contributed by atoms with van der Waals surface area (Å²) in [6.45, 7) is 0.701. The van der Waals surface area contributed by atoms with E-state index in [1.54, 1.807) is 11.9 Å². The highest BCUT2D eigenvalue weighted by Crippen LogP contribution is 2.24. The highest BCUT2D eigenvalue weighted by Gasteiger charge is 2.21. The second kappa shape index (κ2) is 6.04. The van der Waals surface area contributed by atoms with Gasteiger partial charge in [-0.25, -0.2) is 4.39 Å². The van der Waals surface area contributed by atoms with Crippen LogP contribution < -0.4 is 5.73 Å². The van der Waals surface area contributed by atoms with Gasteiger partial charge in [0.15, 0.2) is 0 Å². The molecule has 19 heavy (non-hydrogen) atoms. The van der Waals surface area contributed by atoms with Crippen LogP contribution in [0.4, 0.5) is 10.1 Å². The molecule has 1 aliphatic rings. The largest absolute Gasteiger partial charge is 0.399 e. The number of carbonyl (C=O) groups excluding carboxylic acids is 1. The highest BCUT2D eigenvalue weighted by molar-refractivity contribution is 5.95. The third-order valence-corrected chi connectivity index (χ3v) is 3.82. The molecule has 2 N–H and O–H groups in total. The van der Waals surface area contributed by atoms with E-state index in [1.807, 2.05) is 0 Å². The molecular weight excluding hydrogens is 243 g/mol. The van der Waals surface area contributed by atoms with Gasteiger partial charge in [-0.3, -0.25) is 4.79 Å². The van der Waals surface area contributed by atoms with Crippen LogP contribution in [0.3, 0.4) is 0 Å². The summed E-state index contributed by atoms with van der Waals surface area (Å²) in [7, 11) is 1.74. The molecule has 4 heteroatoms. The minimum Gasteiger partial charge on any atom is -0.399 e. The third-order valence-electron chi connectivity index (χ3n) is 3.82. The van der Waals surface area contributed by atoms with Crippen molar-refractivity contribution in [3.05, 3.63) is 29.6 Å². The van der Waals surface area contributed by atoms with Crippen LogP contribution in [0.1, 0.15) is 42.5 Å². The van der Waals surface area contributed by atoms with Crippen molar-refractivity contribution in [3.8, 4) is 0 Å². The summed E-state index contributed by atoms with van der Waals surface area (Å²) < 4.78 is 13.7. The van der Waals surface area contributed by atoms with Gasteiger partial charge in [0.05, 0.1) is 5.56 Å². The number of anilines is 1. The first-order chi connectivity index (χ1) is 9.08. The zero-order valence-electron chi connectivity index (χ0n) is 11.4. The van der Waals surface area contributed by atoms with Gasteiger partial charge in [0, 0.05) is 19.3 Å². The van der Waals surface area contributed by atoms with Crippen molar-refractivity contribution < 1.29 is 9.18 Å². The van der Waals surface area contributed by atoms with E-state index in [2.05, 4.69) is 0 Å². The molecule has 1 amide bonds. The summed E-state index contributed by atoms with van der Waals surface area (Å²) in [5.41, 5.74) is 6.09. The number of nitrogens with zero attached hydrogens (tertiary/aromatic N) is 1. The summed E-state index contributed by atoms with van der Waals surface area (Å²) in [5.74, 6) is -0.239. The Labute approximate surface area is 113 Å². The lowest BCUT2D eigenvalue weighted by Crippen LogP contribution is -2.33. The molecule has 0 aliphatic heterocycles. The molecule has 0 heterocycles. The minimum atomic E-state index is -0.505. The predicted octanol–water partition coefficient (Wildman–Crippen LogP) is 3.06. The minimum absolute atomic E-state index is 0.0679. The molecule has 0 radical (unpaired) electrons. The Balaban J connectivity index is 2.03. The zero-order valence-corrected chi connectivity index (χ0v) is 11.4. The van der Waals surface area contributed by atoms with Crippen LogP contribution in [-0.4, -0.2) is 24.4 Å². The van der Waals surface area contributed by atoms with Gasteiger partial charge in [-0.2, -0.15) is 0 Å². The average Bonchev–Trinajstić information content (AvgIpc) is 2.42. The number of hydrogen-bond donors (Lipinski definition) is 1. The van der Waals surface area contributed by atoms with Gasteiger partial charge in [0.1, 0.15) is 5.82 Å². The van der Waals surface area contributed by atoms with Gasteiger partial charge < -0.3 is 10.6 Å². The van der Waals surface area contributed by atoms with Gasteiger partial charge in [-0.15, -0.1) is 0 Å². The Kier molecular flexibility index (Phi) is 4.40. The van der Waals surface area contributed by atoms with Crippen molar-refractivity contribution in [1.82, 2.24) is 4.90 Å². The first kappa shape index (κ1) is 13.8. The molecule has 0 unspecified atom stereocenters. The highest BCUT2D eigenvalue weighted by atomic mass is 19.1. The number of rotatable bonds is 3. The number of nitrogens with two attached hydrogens (primary N) is 1.